The standard InChI is InChI=1S/C7H8N2O/c1-5-7(9-5)3-2-4-8-6(7)10/h2-5,9H,1H3/t5-,7-/m1/s1. The topological polar surface area (TPSA) is 51.4 Å². The molecule has 1 fully saturated rings. The van der Waals surface area contributed by atoms with Crippen molar-refractivity contribution in [1.82, 2.24) is 5.32 Å². The lowest BCUT2D eigenvalue weighted by molar-refractivity contribution is -0.119. The van der Waals surface area contributed by atoms with Crippen molar-refractivity contribution in [3.8, 4) is 0 Å². The summed E-state index contributed by atoms with van der Waals surface area (Å²) in [6, 6.07) is 0.258. The van der Waals surface area contributed by atoms with E-state index in [0.717, 1.165) is 0 Å². The molecule has 0 aromatic rings. The predicted octanol–water partition coefficient (Wildman–Crippen LogP) is -0.116. The van der Waals surface area contributed by atoms with E-state index < -0.39 is 5.54 Å². The molecular weight excluding hydrogens is 128 g/mol. The molecule has 0 aromatic carbocycles. The van der Waals surface area contributed by atoms with Crippen LogP contribution in [0.15, 0.2) is 17.1 Å². The zero-order valence-corrected chi connectivity index (χ0v) is 5.66. The van der Waals surface area contributed by atoms with Crippen molar-refractivity contribution in [3.63, 3.8) is 0 Å². The number of dihydropyridines is 1. The third kappa shape index (κ3) is 0.529. The van der Waals surface area contributed by atoms with E-state index in [0.29, 0.717) is 0 Å². The minimum Gasteiger partial charge on any atom is -0.293 e. The van der Waals surface area contributed by atoms with Gasteiger partial charge in [-0.05, 0) is 13.0 Å². The molecule has 0 aromatic heterocycles. The van der Waals surface area contributed by atoms with Crippen molar-refractivity contribution < 1.29 is 4.79 Å². The first-order valence-corrected chi connectivity index (χ1v) is 3.30. The Morgan fingerprint density at radius 2 is 2.50 bits per heavy atom. The Labute approximate surface area is 58.8 Å². The second-order valence-corrected chi connectivity index (χ2v) is 2.68. The molecule has 0 unspecified atom stereocenters. The zero-order valence-electron chi connectivity index (χ0n) is 5.66. The Morgan fingerprint density at radius 3 is 2.90 bits per heavy atom. The van der Waals surface area contributed by atoms with E-state index in [4.69, 9.17) is 0 Å². The van der Waals surface area contributed by atoms with E-state index in [2.05, 4.69) is 10.3 Å². The van der Waals surface area contributed by atoms with Crippen LogP contribution in [0.5, 0.6) is 0 Å². The highest BCUT2D eigenvalue weighted by Gasteiger charge is 2.55. The summed E-state index contributed by atoms with van der Waals surface area (Å²) in [5.41, 5.74) is -0.422. The molecule has 0 bridgehead atoms. The van der Waals surface area contributed by atoms with Gasteiger partial charge in [-0.2, -0.15) is 0 Å². The number of aliphatic imine (C=N–C) groups is 1. The number of carbonyl (C=O) groups is 1. The lowest BCUT2D eigenvalue weighted by Crippen LogP contribution is -2.26. The van der Waals surface area contributed by atoms with Crippen LogP contribution in [0.1, 0.15) is 6.92 Å². The summed E-state index contributed by atoms with van der Waals surface area (Å²) in [6.45, 7) is 1.98. The summed E-state index contributed by atoms with van der Waals surface area (Å²) >= 11 is 0. The Hall–Kier alpha value is -0.960. The van der Waals surface area contributed by atoms with E-state index in [1.807, 2.05) is 13.0 Å². The molecule has 2 heterocycles. The number of amides is 1. The summed E-state index contributed by atoms with van der Waals surface area (Å²) < 4.78 is 0. The fourth-order valence-electron chi connectivity index (χ4n) is 1.24. The van der Waals surface area contributed by atoms with E-state index >= 15 is 0 Å². The van der Waals surface area contributed by atoms with Gasteiger partial charge in [-0.15, -0.1) is 0 Å². The molecule has 1 saturated heterocycles. The minimum atomic E-state index is -0.422. The largest absolute Gasteiger partial charge is 0.293 e. The average molecular weight is 136 g/mol. The lowest BCUT2D eigenvalue weighted by Gasteiger charge is -2.05. The molecule has 3 heteroatoms. The maximum atomic E-state index is 11.1. The van der Waals surface area contributed by atoms with Gasteiger partial charge in [0.15, 0.2) is 0 Å². The van der Waals surface area contributed by atoms with Crippen LogP contribution in [-0.2, 0) is 4.79 Å². The van der Waals surface area contributed by atoms with Crippen molar-refractivity contribution in [2.45, 2.75) is 18.5 Å². The number of carbonyl (C=O) groups excluding carboxylic acids is 1. The fourth-order valence-corrected chi connectivity index (χ4v) is 1.24. The van der Waals surface area contributed by atoms with Gasteiger partial charge in [0.2, 0.25) is 0 Å². The molecular formula is C7H8N2O. The third-order valence-electron chi connectivity index (χ3n) is 2.05. The Morgan fingerprint density at radius 1 is 1.80 bits per heavy atom. The van der Waals surface area contributed by atoms with Gasteiger partial charge in [-0.3, -0.25) is 10.1 Å². The van der Waals surface area contributed by atoms with Crippen LogP contribution in [0, 0.1) is 0 Å². The molecule has 2 rings (SSSR count). The molecule has 1 amide bonds. The van der Waals surface area contributed by atoms with Gasteiger partial charge in [0.05, 0.1) is 0 Å². The average Bonchev–Trinajstić information content (AvgIpc) is 2.53. The van der Waals surface area contributed by atoms with Crippen molar-refractivity contribution in [3.05, 3.63) is 12.2 Å². The van der Waals surface area contributed by atoms with Crippen LogP contribution in [0.25, 0.3) is 0 Å². The zero-order chi connectivity index (χ0) is 7.19. The van der Waals surface area contributed by atoms with Crippen molar-refractivity contribution in [2.75, 3.05) is 0 Å². The van der Waals surface area contributed by atoms with Crippen molar-refractivity contribution in [1.29, 1.82) is 0 Å². The van der Waals surface area contributed by atoms with E-state index in [-0.39, 0.29) is 11.9 Å². The second kappa shape index (κ2) is 1.55. The van der Waals surface area contributed by atoms with E-state index in [1.54, 1.807) is 6.08 Å². The Bertz CT molecular complexity index is 244. The summed E-state index contributed by atoms with van der Waals surface area (Å²) in [4.78, 5) is 14.8. The molecule has 0 saturated carbocycles. The molecule has 2 aliphatic rings. The second-order valence-electron chi connectivity index (χ2n) is 2.68. The highest BCUT2D eigenvalue weighted by Crippen LogP contribution is 2.30. The number of rotatable bonds is 0. The number of hydrogen-bond acceptors (Lipinski definition) is 2. The maximum Gasteiger partial charge on any atom is 0.271 e. The summed E-state index contributed by atoms with van der Waals surface area (Å²) in [6.07, 6.45) is 5.20. The van der Waals surface area contributed by atoms with Crippen LogP contribution in [0.4, 0.5) is 0 Å². The minimum absolute atomic E-state index is 0.0671. The molecule has 1 N–H and O–H groups in total. The number of allylic oxidation sites excluding steroid dienone is 1. The molecule has 3 nitrogen and oxygen atoms in total. The molecule has 2 aliphatic heterocycles. The first kappa shape index (κ1) is 5.80. The van der Waals surface area contributed by atoms with Gasteiger partial charge in [0.1, 0.15) is 5.54 Å². The summed E-state index contributed by atoms with van der Waals surface area (Å²) in [5, 5.41) is 3.05. The van der Waals surface area contributed by atoms with Crippen LogP contribution in [0.2, 0.25) is 0 Å². The van der Waals surface area contributed by atoms with Gasteiger partial charge in [-0.1, -0.05) is 6.08 Å². The van der Waals surface area contributed by atoms with Crippen molar-refractivity contribution >= 4 is 12.1 Å². The first-order valence-electron chi connectivity index (χ1n) is 3.30. The molecule has 2 atom stereocenters. The Balaban J connectivity index is 2.33. The first-order chi connectivity index (χ1) is 4.76. The monoisotopic (exact) mass is 136 g/mol. The normalized spacial score (nSPS) is 42.9. The van der Waals surface area contributed by atoms with Crippen LogP contribution in [0.3, 0.4) is 0 Å². The van der Waals surface area contributed by atoms with Crippen LogP contribution in [-0.4, -0.2) is 23.7 Å². The van der Waals surface area contributed by atoms with Crippen LogP contribution < -0.4 is 5.32 Å². The van der Waals surface area contributed by atoms with Gasteiger partial charge in [0, 0.05) is 12.3 Å². The van der Waals surface area contributed by atoms with Crippen molar-refractivity contribution in [2.24, 2.45) is 4.99 Å². The molecule has 0 aliphatic carbocycles. The number of nitrogens with zero attached hydrogens (tertiary/aromatic N) is 1. The molecule has 52 valence electrons. The summed E-state index contributed by atoms with van der Waals surface area (Å²) in [5.74, 6) is -0.0671. The SMILES string of the molecule is C[C@H]1N[C@]12C=CC=NC2=O. The van der Waals surface area contributed by atoms with Gasteiger partial charge < -0.3 is 0 Å². The quantitative estimate of drug-likeness (QED) is 0.472. The smallest absolute Gasteiger partial charge is 0.271 e. The van der Waals surface area contributed by atoms with Gasteiger partial charge >= 0.3 is 0 Å². The fraction of sp³-hybridized carbons (Fsp3) is 0.429. The third-order valence-corrected chi connectivity index (χ3v) is 2.05. The summed E-state index contributed by atoms with van der Waals surface area (Å²) in [7, 11) is 0. The van der Waals surface area contributed by atoms with E-state index in [9.17, 15) is 4.79 Å². The van der Waals surface area contributed by atoms with Gasteiger partial charge in [0.25, 0.3) is 5.91 Å². The van der Waals surface area contributed by atoms with Crippen LogP contribution >= 0.6 is 0 Å². The van der Waals surface area contributed by atoms with E-state index in [1.165, 1.54) is 6.21 Å². The lowest BCUT2D eigenvalue weighted by atomic mass is 10.0. The predicted molar refractivity (Wildman–Crippen MR) is 38.0 cm³/mol. The highest BCUT2D eigenvalue weighted by atomic mass is 16.2. The molecule has 10 heavy (non-hydrogen) atoms. The van der Waals surface area contributed by atoms with Gasteiger partial charge in [-0.25, -0.2) is 4.99 Å². The maximum absolute atomic E-state index is 11.1. The number of hydrogen-bond donors (Lipinski definition) is 1. The number of nitrogens with one attached hydrogen (secondary N) is 1. The molecule has 1 spiro atoms. The molecule has 0 radical (unpaired) electrons. The highest BCUT2D eigenvalue weighted by molar-refractivity contribution is 6.02. The Kier molecular flexibility index (Phi) is 0.898.